The standard InChI is InChI=1S/C16H28N2O2/c1-14(2)17-11-16(7-5-8-19-13-16)12-18(3)10-15-6-4-9-20-15/h4,6,9,14,17H,5,7-8,10-13H2,1-3H3. The molecule has 0 bridgehead atoms. The fraction of sp³-hybridized carbons (Fsp3) is 0.750. The molecule has 1 aromatic heterocycles. The lowest BCUT2D eigenvalue weighted by atomic mass is 9.81. The summed E-state index contributed by atoms with van der Waals surface area (Å²) in [4.78, 5) is 2.34. The molecule has 1 saturated heterocycles. The van der Waals surface area contributed by atoms with Crippen LogP contribution < -0.4 is 5.32 Å². The highest BCUT2D eigenvalue weighted by atomic mass is 16.5. The third-order valence-corrected chi connectivity index (χ3v) is 3.90. The summed E-state index contributed by atoms with van der Waals surface area (Å²) in [6.07, 6.45) is 4.13. The van der Waals surface area contributed by atoms with E-state index in [1.807, 2.05) is 12.1 Å². The van der Waals surface area contributed by atoms with Crippen molar-refractivity contribution in [2.45, 2.75) is 39.3 Å². The number of ether oxygens (including phenoxy) is 1. The Kier molecular flexibility index (Phi) is 5.64. The van der Waals surface area contributed by atoms with Crippen LogP contribution >= 0.6 is 0 Å². The lowest BCUT2D eigenvalue weighted by molar-refractivity contribution is -0.0252. The minimum absolute atomic E-state index is 0.226. The first-order chi connectivity index (χ1) is 9.60. The number of nitrogens with zero attached hydrogens (tertiary/aromatic N) is 1. The second kappa shape index (κ2) is 7.25. The minimum Gasteiger partial charge on any atom is -0.468 e. The molecule has 1 aliphatic rings. The van der Waals surface area contributed by atoms with Crippen molar-refractivity contribution < 1.29 is 9.15 Å². The molecule has 4 nitrogen and oxygen atoms in total. The zero-order valence-electron chi connectivity index (χ0n) is 13.0. The molecule has 2 rings (SSSR count). The first-order valence-corrected chi connectivity index (χ1v) is 7.62. The van der Waals surface area contributed by atoms with E-state index in [1.165, 1.54) is 6.42 Å². The van der Waals surface area contributed by atoms with E-state index in [1.54, 1.807) is 6.26 Å². The van der Waals surface area contributed by atoms with E-state index in [-0.39, 0.29) is 5.41 Å². The van der Waals surface area contributed by atoms with Crippen LogP contribution in [0.1, 0.15) is 32.4 Å². The Morgan fingerprint density at radius 2 is 2.30 bits per heavy atom. The van der Waals surface area contributed by atoms with Crippen LogP contribution in [0.25, 0.3) is 0 Å². The maximum absolute atomic E-state index is 5.76. The molecule has 0 spiro atoms. The van der Waals surface area contributed by atoms with Crippen molar-refractivity contribution >= 4 is 0 Å². The average Bonchev–Trinajstić information content (AvgIpc) is 2.90. The lowest BCUT2D eigenvalue weighted by Crippen LogP contribution is -2.49. The molecule has 1 aliphatic heterocycles. The highest BCUT2D eigenvalue weighted by Crippen LogP contribution is 2.29. The summed E-state index contributed by atoms with van der Waals surface area (Å²) in [6, 6.07) is 4.50. The van der Waals surface area contributed by atoms with Crippen molar-refractivity contribution in [2.24, 2.45) is 5.41 Å². The van der Waals surface area contributed by atoms with Crippen molar-refractivity contribution in [2.75, 3.05) is 33.4 Å². The number of furan rings is 1. The lowest BCUT2D eigenvalue weighted by Gasteiger charge is -2.40. The number of rotatable bonds is 7. The van der Waals surface area contributed by atoms with Crippen LogP contribution in [-0.4, -0.2) is 44.3 Å². The second-order valence-corrected chi connectivity index (χ2v) is 6.44. The normalized spacial score (nSPS) is 23.6. The van der Waals surface area contributed by atoms with Crippen LogP contribution in [0.5, 0.6) is 0 Å². The van der Waals surface area contributed by atoms with Gasteiger partial charge in [0.2, 0.25) is 0 Å². The van der Waals surface area contributed by atoms with E-state index in [0.29, 0.717) is 6.04 Å². The Morgan fingerprint density at radius 1 is 1.45 bits per heavy atom. The molecule has 0 aromatic carbocycles. The van der Waals surface area contributed by atoms with Gasteiger partial charge < -0.3 is 14.5 Å². The van der Waals surface area contributed by atoms with Gasteiger partial charge in [-0.25, -0.2) is 0 Å². The van der Waals surface area contributed by atoms with Gasteiger partial charge in [-0.2, -0.15) is 0 Å². The SMILES string of the molecule is CC(C)NCC1(CN(C)Cc2ccco2)CCCOC1. The zero-order valence-corrected chi connectivity index (χ0v) is 13.0. The highest BCUT2D eigenvalue weighted by Gasteiger charge is 2.34. The average molecular weight is 280 g/mol. The summed E-state index contributed by atoms with van der Waals surface area (Å²) < 4.78 is 11.2. The second-order valence-electron chi connectivity index (χ2n) is 6.44. The van der Waals surface area contributed by atoms with E-state index in [9.17, 15) is 0 Å². The molecule has 4 heteroatoms. The predicted octanol–water partition coefficient (Wildman–Crippen LogP) is 2.51. The van der Waals surface area contributed by atoms with Crippen molar-refractivity contribution in [3.63, 3.8) is 0 Å². The van der Waals surface area contributed by atoms with Gasteiger partial charge in [0, 0.05) is 31.2 Å². The Labute approximate surface area is 122 Å². The van der Waals surface area contributed by atoms with E-state index >= 15 is 0 Å². The number of nitrogens with one attached hydrogen (secondary N) is 1. The fourth-order valence-corrected chi connectivity index (χ4v) is 2.95. The third-order valence-electron chi connectivity index (χ3n) is 3.90. The summed E-state index contributed by atoms with van der Waals surface area (Å²) in [7, 11) is 2.16. The molecule has 1 atom stereocenters. The Bertz CT molecular complexity index is 370. The van der Waals surface area contributed by atoms with Crippen molar-refractivity contribution in [1.29, 1.82) is 0 Å². The molecule has 0 aliphatic carbocycles. The quantitative estimate of drug-likeness (QED) is 0.833. The molecule has 1 aromatic rings. The molecule has 1 fully saturated rings. The summed E-state index contributed by atoms with van der Waals surface area (Å²) in [6.45, 7) is 9.07. The molecule has 1 unspecified atom stereocenters. The van der Waals surface area contributed by atoms with Gasteiger partial charge >= 0.3 is 0 Å². The molecular weight excluding hydrogens is 252 g/mol. The van der Waals surface area contributed by atoms with Crippen LogP contribution in [0.3, 0.4) is 0 Å². The van der Waals surface area contributed by atoms with E-state index < -0.39 is 0 Å². The fourth-order valence-electron chi connectivity index (χ4n) is 2.95. The number of hydrogen-bond acceptors (Lipinski definition) is 4. The molecule has 2 heterocycles. The van der Waals surface area contributed by atoms with Gasteiger partial charge in [-0.05, 0) is 32.0 Å². The van der Waals surface area contributed by atoms with Gasteiger partial charge in [-0.3, -0.25) is 4.90 Å². The van der Waals surface area contributed by atoms with Crippen molar-refractivity contribution in [1.82, 2.24) is 10.2 Å². The van der Waals surface area contributed by atoms with E-state index in [0.717, 1.165) is 45.0 Å². The van der Waals surface area contributed by atoms with Crippen LogP contribution in [0.4, 0.5) is 0 Å². The summed E-state index contributed by atoms with van der Waals surface area (Å²) >= 11 is 0. The Hall–Kier alpha value is -0.840. The van der Waals surface area contributed by atoms with Crippen LogP contribution in [0.2, 0.25) is 0 Å². The van der Waals surface area contributed by atoms with Gasteiger partial charge in [-0.1, -0.05) is 13.8 Å². The molecule has 0 saturated carbocycles. The first kappa shape index (κ1) is 15.5. The van der Waals surface area contributed by atoms with Gasteiger partial charge in [-0.15, -0.1) is 0 Å². The van der Waals surface area contributed by atoms with Crippen molar-refractivity contribution in [3.05, 3.63) is 24.2 Å². The molecule has 114 valence electrons. The summed E-state index contributed by atoms with van der Waals surface area (Å²) in [5.41, 5.74) is 0.226. The zero-order chi connectivity index (χ0) is 14.4. The molecule has 1 N–H and O–H groups in total. The molecule has 0 amide bonds. The van der Waals surface area contributed by atoms with E-state index in [4.69, 9.17) is 9.15 Å². The number of hydrogen-bond donors (Lipinski definition) is 1. The topological polar surface area (TPSA) is 37.6 Å². The minimum atomic E-state index is 0.226. The first-order valence-electron chi connectivity index (χ1n) is 7.62. The maximum Gasteiger partial charge on any atom is 0.117 e. The largest absolute Gasteiger partial charge is 0.468 e. The van der Waals surface area contributed by atoms with E-state index in [2.05, 4.69) is 31.1 Å². The summed E-state index contributed by atoms with van der Waals surface area (Å²) in [5, 5.41) is 3.59. The smallest absolute Gasteiger partial charge is 0.117 e. The predicted molar refractivity (Wildman–Crippen MR) is 80.7 cm³/mol. The Morgan fingerprint density at radius 3 is 2.90 bits per heavy atom. The van der Waals surface area contributed by atoms with Crippen LogP contribution in [0, 0.1) is 5.41 Å². The highest BCUT2D eigenvalue weighted by molar-refractivity contribution is 4.98. The third kappa shape index (κ3) is 4.62. The van der Waals surface area contributed by atoms with Gasteiger partial charge in [0.25, 0.3) is 0 Å². The van der Waals surface area contributed by atoms with Crippen LogP contribution in [-0.2, 0) is 11.3 Å². The van der Waals surface area contributed by atoms with Crippen LogP contribution in [0.15, 0.2) is 22.8 Å². The Balaban J connectivity index is 1.92. The molecule has 0 radical (unpaired) electrons. The molecular formula is C16H28N2O2. The van der Waals surface area contributed by atoms with Crippen molar-refractivity contribution in [3.8, 4) is 0 Å². The monoisotopic (exact) mass is 280 g/mol. The maximum atomic E-state index is 5.76. The van der Waals surface area contributed by atoms with Gasteiger partial charge in [0.1, 0.15) is 5.76 Å². The summed E-state index contributed by atoms with van der Waals surface area (Å²) in [5.74, 6) is 1.02. The van der Waals surface area contributed by atoms with Gasteiger partial charge in [0.15, 0.2) is 0 Å². The van der Waals surface area contributed by atoms with Gasteiger partial charge in [0.05, 0.1) is 19.4 Å². The molecule has 20 heavy (non-hydrogen) atoms.